The van der Waals surface area contributed by atoms with Crippen molar-refractivity contribution in [2.75, 3.05) is 13.2 Å². The number of benzene rings is 1. The number of carbonyl (C=O) groups excluding carboxylic acids is 1. The first-order valence-electron chi connectivity index (χ1n) is 5.40. The lowest BCUT2D eigenvalue weighted by atomic mass is 10.1. The summed E-state index contributed by atoms with van der Waals surface area (Å²) < 4.78 is 0. The van der Waals surface area contributed by atoms with Gasteiger partial charge >= 0.3 is 0 Å². The van der Waals surface area contributed by atoms with E-state index in [1.54, 1.807) is 0 Å². The van der Waals surface area contributed by atoms with Crippen LogP contribution in [0.4, 0.5) is 11.4 Å². The van der Waals surface area contributed by atoms with Crippen LogP contribution in [0.5, 0.6) is 0 Å². The van der Waals surface area contributed by atoms with Gasteiger partial charge in [-0.2, -0.15) is 0 Å². The fraction of sp³-hybridized carbons (Fsp3) is 0.300. The lowest BCUT2D eigenvalue weighted by Gasteiger charge is -2.06. The SMILES string of the molecule is O=C(NCCCO)c1cc([N+](=O)[O-])cc([N+](=O)[O-])c1Cl. The zero-order valence-electron chi connectivity index (χ0n) is 10.0. The van der Waals surface area contributed by atoms with Crippen molar-refractivity contribution in [3.8, 4) is 0 Å². The highest BCUT2D eigenvalue weighted by molar-refractivity contribution is 6.36. The Bertz CT molecular complexity index is 562. The van der Waals surface area contributed by atoms with E-state index in [1.807, 2.05) is 0 Å². The molecular weight excluding hydrogens is 294 g/mol. The van der Waals surface area contributed by atoms with Crippen LogP contribution in [-0.4, -0.2) is 34.0 Å². The lowest BCUT2D eigenvalue weighted by Crippen LogP contribution is -2.25. The molecule has 0 saturated carbocycles. The van der Waals surface area contributed by atoms with Crippen molar-refractivity contribution in [2.45, 2.75) is 6.42 Å². The van der Waals surface area contributed by atoms with E-state index in [0.29, 0.717) is 6.07 Å². The second kappa shape index (κ2) is 6.78. The van der Waals surface area contributed by atoms with Gasteiger partial charge in [0.25, 0.3) is 17.3 Å². The number of rotatable bonds is 6. The third-order valence-electron chi connectivity index (χ3n) is 2.31. The maximum atomic E-state index is 11.8. The van der Waals surface area contributed by atoms with Gasteiger partial charge in [0.05, 0.1) is 21.5 Å². The van der Waals surface area contributed by atoms with Crippen LogP contribution in [0.1, 0.15) is 16.8 Å². The third kappa shape index (κ3) is 3.62. The summed E-state index contributed by atoms with van der Waals surface area (Å²) in [4.78, 5) is 31.5. The highest BCUT2D eigenvalue weighted by Gasteiger charge is 2.26. The quantitative estimate of drug-likeness (QED) is 0.461. The summed E-state index contributed by atoms with van der Waals surface area (Å²) >= 11 is 5.71. The molecule has 0 aliphatic rings. The lowest BCUT2D eigenvalue weighted by molar-refractivity contribution is -0.394. The predicted molar refractivity (Wildman–Crippen MR) is 68.8 cm³/mol. The average molecular weight is 304 g/mol. The molecule has 0 bridgehead atoms. The maximum absolute atomic E-state index is 11.8. The minimum absolute atomic E-state index is 0.113. The fourth-order valence-electron chi connectivity index (χ4n) is 1.37. The normalized spacial score (nSPS) is 10.1. The molecule has 1 amide bonds. The number of hydrogen-bond donors (Lipinski definition) is 2. The van der Waals surface area contributed by atoms with Crippen molar-refractivity contribution in [3.05, 3.63) is 42.9 Å². The first-order valence-corrected chi connectivity index (χ1v) is 5.77. The van der Waals surface area contributed by atoms with Crippen LogP contribution in [-0.2, 0) is 0 Å². The number of nitrogens with zero attached hydrogens (tertiary/aromatic N) is 2. The number of aliphatic hydroxyl groups excluding tert-OH is 1. The molecule has 0 aliphatic heterocycles. The molecule has 0 aliphatic carbocycles. The van der Waals surface area contributed by atoms with Gasteiger partial charge in [0.2, 0.25) is 0 Å². The fourth-order valence-corrected chi connectivity index (χ4v) is 1.64. The van der Waals surface area contributed by atoms with Gasteiger partial charge in [0.15, 0.2) is 0 Å². The van der Waals surface area contributed by atoms with Gasteiger partial charge in [-0.15, -0.1) is 0 Å². The summed E-state index contributed by atoms with van der Waals surface area (Å²) in [6.07, 6.45) is 0.278. The van der Waals surface area contributed by atoms with Gasteiger partial charge in [0.1, 0.15) is 5.02 Å². The molecule has 1 aromatic rings. The van der Waals surface area contributed by atoms with Crippen molar-refractivity contribution in [3.63, 3.8) is 0 Å². The molecule has 9 nitrogen and oxygen atoms in total. The molecule has 0 aromatic heterocycles. The molecule has 0 radical (unpaired) electrons. The summed E-state index contributed by atoms with van der Waals surface area (Å²) in [6, 6.07) is 1.55. The van der Waals surface area contributed by atoms with E-state index in [-0.39, 0.29) is 25.1 Å². The van der Waals surface area contributed by atoms with Gasteiger partial charge in [-0.3, -0.25) is 25.0 Å². The van der Waals surface area contributed by atoms with Gasteiger partial charge in [-0.25, -0.2) is 0 Å². The number of halogens is 1. The molecule has 1 rings (SSSR count). The summed E-state index contributed by atoms with van der Waals surface area (Å²) in [5.41, 5.74) is -1.67. The molecule has 2 N–H and O–H groups in total. The zero-order valence-corrected chi connectivity index (χ0v) is 10.8. The van der Waals surface area contributed by atoms with Crippen molar-refractivity contribution >= 4 is 28.9 Å². The highest BCUT2D eigenvalue weighted by atomic mass is 35.5. The van der Waals surface area contributed by atoms with E-state index in [2.05, 4.69) is 5.32 Å². The number of hydrogen-bond acceptors (Lipinski definition) is 6. The second-order valence-electron chi connectivity index (χ2n) is 3.67. The van der Waals surface area contributed by atoms with Gasteiger partial charge < -0.3 is 10.4 Å². The monoisotopic (exact) mass is 303 g/mol. The van der Waals surface area contributed by atoms with Crippen LogP contribution < -0.4 is 5.32 Å². The Kier molecular flexibility index (Phi) is 5.35. The van der Waals surface area contributed by atoms with E-state index in [1.165, 1.54) is 0 Å². The molecule has 10 heteroatoms. The van der Waals surface area contributed by atoms with Crippen LogP contribution in [0.2, 0.25) is 5.02 Å². The number of nitro benzene ring substituents is 2. The van der Waals surface area contributed by atoms with Crippen LogP contribution in [0, 0.1) is 20.2 Å². The largest absolute Gasteiger partial charge is 0.396 e. The molecule has 0 heterocycles. The van der Waals surface area contributed by atoms with E-state index in [0.717, 1.165) is 6.07 Å². The van der Waals surface area contributed by atoms with Gasteiger partial charge in [0, 0.05) is 19.2 Å². The molecule has 0 fully saturated rings. The predicted octanol–water partition coefficient (Wildman–Crippen LogP) is 1.27. The van der Waals surface area contributed by atoms with Crippen molar-refractivity contribution in [1.29, 1.82) is 0 Å². The van der Waals surface area contributed by atoms with Crippen molar-refractivity contribution < 1.29 is 19.7 Å². The molecular formula is C10H10ClN3O6. The number of carbonyl (C=O) groups is 1. The van der Waals surface area contributed by atoms with Crippen molar-refractivity contribution in [1.82, 2.24) is 5.32 Å². The Morgan fingerprint density at radius 3 is 2.45 bits per heavy atom. The number of amides is 1. The number of aliphatic hydroxyl groups is 1. The van der Waals surface area contributed by atoms with Gasteiger partial charge in [-0.1, -0.05) is 11.6 Å². The minimum Gasteiger partial charge on any atom is -0.396 e. The first-order chi connectivity index (χ1) is 9.38. The molecule has 0 spiro atoms. The number of non-ortho nitro benzene ring substituents is 1. The highest BCUT2D eigenvalue weighted by Crippen LogP contribution is 2.32. The zero-order chi connectivity index (χ0) is 15.3. The van der Waals surface area contributed by atoms with Crippen LogP contribution in [0.25, 0.3) is 0 Å². The number of nitrogens with one attached hydrogen (secondary N) is 1. The Morgan fingerprint density at radius 1 is 1.30 bits per heavy atom. The van der Waals surface area contributed by atoms with Crippen LogP contribution in [0.3, 0.4) is 0 Å². The summed E-state index contributed by atoms with van der Waals surface area (Å²) in [7, 11) is 0. The third-order valence-corrected chi connectivity index (χ3v) is 2.71. The van der Waals surface area contributed by atoms with Crippen LogP contribution >= 0.6 is 11.6 Å². The first kappa shape index (κ1) is 15.8. The molecule has 0 saturated heterocycles. The van der Waals surface area contributed by atoms with Crippen LogP contribution in [0.15, 0.2) is 12.1 Å². The van der Waals surface area contributed by atoms with E-state index in [9.17, 15) is 25.0 Å². The molecule has 0 atom stereocenters. The molecule has 0 unspecified atom stereocenters. The summed E-state index contributed by atoms with van der Waals surface area (Å²) in [5, 5.41) is 31.9. The van der Waals surface area contributed by atoms with Gasteiger partial charge in [-0.05, 0) is 6.42 Å². The standard InChI is InChI=1S/C10H10ClN3O6/c11-9-7(10(16)12-2-1-3-15)4-6(13(17)18)5-8(9)14(19)20/h4-5,15H,1-3H2,(H,12,16). The summed E-state index contributed by atoms with van der Waals surface area (Å²) in [5.74, 6) is -0.782. The van der Waals surface area contributed by atoms with E-state index in [4.69, 9.17) is 16.7 Å². The topological polar surface area (TPSA) is 136 Å². The van der Waals surface area contributed by atoms with E-state index >= 15 is 0 Å². The smallest absolute Gasteiger partial charge is 0.295 e. The summed E-state index contributed by atoms with van der Waals surface area (Å²) in [6.45, 7) is -0.0365. The average Bonchev–Trinajstić information content (AvgIpc) is 2.38. The molecule has 108 valence electrons. The Labute approximate surface area is 117 Å². The molecule has 20 heavy (non-hydrogen) atoms. The molecule has 1 aromatic carbocycles. The Hall–Kier alpha value is -2.26. The Morgan fingerprint density at radius 2 is 1.95 bits per heavy atom. The number of nitro groups is 2. The van der Waals surface area contributed by atoms with Crippen molar-refractivity contribution in [2.24, 2.45) is 0 Å². The Balaban J connectivity index is 3.20. The minimum atomic E-state index is -0.903. The van der Waals surface area contributed by atoms with E-state index < -0.39 is 32.2 Å². The second-order valence-corrected chi connectivity index (χ2v) is 4.05. The maximum Gasteiger partial charge on any atom is 0.295 e.